The summed E-state index contributed by atoms with van der Waals surface area (Å²) in [5, 5.41) is 6.86. The summed E-state index contributed by atoms with van der Waals surface area (Å²) in [5.74, 6) is -0.136. The number of nitrogens with one attached hydrogen (secondary N) is 2. The number of hydrogen-bond donors (Lipinski definition) is 2. The summed E-state index contributed by atoms with van der Waals surface area (Å²) in [6.07, 6.45) is 1.45. The maximum atomic E-state index is 15.0. The molecule has 0 aliphatic rings. The normalized spacial score (nSPS) is 11.9. The molecule has 0 fully saturated rings. The highest BCUT2D eigenvalue weighted by Crippen LogP contribution is 2.41. The van der Waals surface area contributed by atoms with E-state index in [0.29, 0.717) is 16.5 Å². The van der Waals surface area contributed by atoms with E-state index in [9.17, 15) is 9.18 Å². The quantitative estimate of drug-likeness (QED) is 0.379. The Morgan fingerprint density at radius 2 is 1.78 bits per heavy atom. The second-order valence-corrected chi connectivity index (χ2v) is 8.76. The van der Waals surface area contributed by atoms with E-state index in [0.717, 1.165) is 27.4 Å². The second kappa shape index (κ2) is 8.92. The molecular formula is C24H23FN4O2S. The summed E-state index contributed by atoms with van der Waals surface area (Å²) in [6, 6.07) is 11.1. The molecule has 0 saturated carbocycles. The Morgan fingerprint density at radius 1 is 1.06 bits per heavy atom. The largest absolute Gasteiger partial charge is 0.459 e. The molecule has 3 heterocycles. The van der Waals surface area contributed by atoms with Gasteiger partial charge in [-0.15, -0.1) is 11.3 Å². The van der Waals surface area contributed by atoms with Crippen molar-refractivity contribution in [2.75, 3.05) is 10.6 Å². The average molecular weight is 451 g/mol. The zero-order valence-electron chi connectivity index (χ0n) is 18.2. The van der Waals surface area contributed by atoms with E-state index in [1.54, 1.807) is 30.3 Å². The van der Waals surface area contributed by atoms with Gasteiger partial charge in [-0.05, 0) is 57.5 Å². The van der Waals surface area contributed by atoms with E-state index in [2.05, 4.69) is 20.6 Å². The predicted octanol–water partition coefficient (Wildman–Crippen LogP) is 5.96. The van der Waals surface area contributed by atoms with Crippen molar-refractivity contribution < 1.29 is 13.6 Å². The molecule has 6 nitrogen and oxygen atoms in total. The fraction of sp³-hybridized carbons (Fsp3) is 0.208. The van der Waals surface area contributed by atoms with Crippen molar-refractivity contribution in [3.63, 3.8) is 0 Å². The molecule has 0 bridgehead atoms. The number of thiophene rings is 1. The van der Waals surface area contributed by atoms with Gasteiger partial charge < -0.3 is 15.1 Å². The van der Waals surface area contributed by atoms with Crippen molar-refractivity contribution >= 4 is 28.2 Å². The molecule has 2 N–H and O–H groups in total. The molecule has 164 valence electrons. The number of anilines is 2. The van der Waals surface area contributed by atoms with Crippen LogP contribution in [0.4, 0.5) is 15.3 Å². The molecule has 1 amide bonds. The smallest absolute Gasteiger partial charge is 0.291 e. The van der Waals surface area contributed by atoms with Crippen molar-refractivity contribution in [1.29, 1.82) is 0 Å². The van der Waals surface area contributed by atoms with E-state index >= 15 is 0 Å². The van der Waals surface area contributed by atoms with Gasteiger partial charge in [-0.2, -0.15) is 0 Å². The average Bonchev–Trinajstić information content (AvgIpc) is 3.36. The van der Waals surface area contributed by atoms with Crippen molar-refractivity contribution in [2.45, 2.75) is 33.7 Å². The fourth-order valence-electron chi connectivity index (χ4n) is 3.59. The van der Waals surface area contributed by atoms with Crippen molar-refractivity contribution in [3.05, 3.63) is 93.3 Å². The maximum Gasteiger partial charge on any atom is 0.291 e. The first-order valence-corrected chi connectivity index (χ1v) is 10.9. The van der Waals surface area contributed by atoms with Crippen LogP contribution >= 0.6 is 11.3 Å². The number of nitrogens with zero attached hydrogens (tertiary/aromatic N) is 2. The van der Waals surface area contributed by atoms with Gasteiger partial charge in [0.2, 0.25) is 5.95 Å². The number of amides is 1. The summed E-state index contributed by atoms with van der Waals surface area (Å²) in [4.78, 5) is 22.7. The van der Waals surface area contributed by atoms with Gasteiger partial charge >= 0.3 is 0 Å². The molecule has 4 aromatic rings. The van der Waals surface area contributed by atoms with E-state index in [1.165, 1.54) is 23.7 Å². The minimum Gasteiger partial charge on any atom is -0.459 e. The molecule has 0 spiro atoms. The molecule has 0 aliphatic heterocycles. The molecule has 0 saturated heterocycles. The summed E-state index contributed by atoms with van der Waals surface area (Å²) >= 11 is 1.44. The lowest BCUT2D eigenvalue weighted by atomic mass is 9.96. The second-order valence-electron chi connectivity index (χ2n) is 7.53. The van der Waals surface area contributed by atoms with Gasteiger partial charge in [0.05, 0.1) is 12.3 Å². The Balaban J connectivity index is 1.82. The Bertz CT molecular complexity index is 1250. The van der Waals surface area contributed by atoms with Crippen LogP contribution in [-0.4, -0.2) is 15.9 Å². The fourth-order valence-corrected chi connectivity index (χ4v) is 4.69. The number of carbonyl (C=O) groups excluding carboxylic acids is 1. The van der Waals surface area contributed by atoms with Crippen LogP contribution in [0.15, 0.2) is 53.1 Å². The molecule has 1 unspecified atom stereocenters. The number of furan rings is 1. The topological polar surface area (TPSA) is 80.0 Å². The van der Waals surface area contributed by atoms with Gasteiger partial charge in [0, 0.05) is 27.4 Å². The zero-order chi connectivity index (χ0) is 22.8. The van der Waals surface area contributed by atoms with Gasteiger partial charge in [0.1, 0.15) is 10.8 Å². The number of hydrogen-bond acceptors (Lipinski definition) is 6. The molecule has 8 heteroatoms. The highest BCUT2D eigenvalue weighted by Gasteiger charge is 2.27. The minimum absolute atomic E-state index is 0.202. The highest BCUT2D eigenvalue weighted by atomic mass is 32.1. The Hall–Kier alpha value is -3.52. The number of aromatic nitrogens is 2. The minimum atomic E-state index is -0.616. The van der Waals surface area contributed by atoms with Crippen LogP contribution in [0.2, 0.25) is 0 Å². The van der Waals surface area contributed by atoms with Gasteiger partial charge in [-0.1, -0.05) is 18.2 Å². The Morgan fingerprint density at radius 3 is 2.44 bits per heavy atom. The van der Waals surface area contributed by atoms with Crippen molar-refractivity contribution in [1.82, 2.24) is 9.97 Å². The van der Waals surface area contributed by atoms with Crippen molar-refractivity contribution in [3.8, 4) is 0 Å². The van der Waals surface area contributed by atoms with Crippen LogP contribution < -0.4 is 10.6 Å². The Labute approximate surface area is 189 Å². The van der Waals surface area contributed by atoms with Crippen LogP contribution in [0.25, 0.3) is 0 Å². The zero-order valence-corrected chi connectivity index (χ0v) is 19.0. The molecular weight excluding hydrogens is 427 g/mol. The molecule has 0 radical (unpaired) electrons. The van der Waals surface area contributed by atoms with Gasteiger partial charge in [-0.3, -0.25) is 4.79 Å². The van der Waals surface area contributed by atoms with Crippen LogP contribution in [0.3, 0.4) is 0 Å². The molecule has 1 atom stereocenters. The van der Waals surface area contributed by atoms with E-state index in [4.69, 9.17) is 4.42 Å². The first-order chi connectivity index (χ1) is 15.3. The SMILES string of the molecule is Cc1cc(C)nc(NC(c2ccccc2F)c2c(NC(=O)c3ccco3)sc(C)c2C)n1. The monoisotopic (exact) mass is 450 g/mol. The molecule has 32 heavy (non-hydrogen) atoms. The number of benzene rings is 1. The lowest BCUT2D eigenvalue weighted by molar-refractivity contribution is 0.0997. The summed E-state index contributed by atoms with van der Waals surface area (Å²) in [6.45, 7) is 7.69. The van der Waals surface area contributed by atoms with E-state index < -0.39 is 6.04 Å². The van der Waals surface area contributed by atoms with Crippen LogP contribution in [0.5, 0.6) is 0 Å². The summed E-state index contributed by atoms with van der Waals surface area (Å²) < 4.78 is 20.2. The number of rotatable bonds is 6. The third-order valence-corrected chi connectivity index (χ3v) is 6.30. The van der Waals surface area contributed by atoms with Crippen LogP contribution in [0.1, 0.15) is 49.6 Å². The molecule has 1 aromatic carbocycles. The van der Waals surface area contributed by atoms with E-state index in [1.807, 2.05) is 33.8 Å². The maximum absolute atomic E-state index is 15.0. The first-order valence-electron chi connectivity index (χ1n) is 10.1. The Kier molecular flexibility index (Phi) is 6.05. The number of aryl methyl sites for hydroxylation is 3. The van der Waals surface area contributed by atoms with Gasteiger partial charge in [0.25, 0.3) is 5.91 Å². The van der Waals surface area contributed by atoms with Crippen LogP contribution in [0, 0.1) is 33.5 Å². The lowest BCUT2D eigenvalue weighted by Gasteiger charge is -2.22. The predicted molar refractivity (Wildman–Crippen MR) is 124 cm³/mol. The standard InChI is InChI=1S/C24H23FN4O2S/c1-13-12-14(2)27-24(26-13)28-21(17-8-5-6-9-18(17)25)20-15(3)16(4)32-23(20)29-22(30)19-10-7-11-31-19/h5-12,21H,1-4H3,(H,29,30)(H,26,27,28). The van der Waals surface area contributed by atoms with Crippen LogP contribution in [-0.2, 0) is 0 Å². The lowest BCUT2D eigenvalue weighted by Crippen LogP contribution is -2.19. The third-order valence-electron chi connectivity index (χ3n) is 5.16. The first kappa shape index (κ1) is 21.7. The molecule has 0 aliphatic carbocycles. The third kappa shape index (κ3) is 4.40. The van der Waals surface area contributed by atoms with Crippen molar-refractivity contribution in [2.24, 2.45) is 0 Å². The summed E-state index contributed by atoms with van der Waals surface area (Å²) in [5.41, 5.74) is 3.76. The van der Waals surface area contributed by atoms with Gasteiger partial charge in [0.15, 0.2) is 5.76 Å². The van der Waals surface area contributed by atoms with Gasteiger partial charge in [-0.25, -0.2) is 14.4 Å². The number of carbonyl (C=O) groups is 1. The summed E-state index contributed by atoms with van der Waals surface area (Å²) in [7, 11) is 0. The van der Waals surface area contributed by atoms with E-state index in [-0.39, 0.29) is 17.5 Å². The molecule has 3 aromatic heterocycles. The number of halogens is 1. The molecule has 4 rings (SSSR count). The highest BCUT2D eigenvalue weighted by molar-refractivity contribution is 7.16.